The van der Waals surface area contributed by atoms with Crippen LogP contribution in [0.3, 0.4) is 0 Å². The van der Waals surface area contributed by atoms with E-state index in [1.807, 2.05) is 42.5 Å². The second kappa shape index (κ2) is 10.9. The molecule has 2 aromatic rings. The van der Waals surface area contributed by atoms with Gasteiger partial charge in [-0.1, -0.05) is 35.3 Å². The van der Waals surface area contributed by atoms with Crippen LogP contribution in [-0.4, -0.2) is 44.2 Å². The molecule has 2 aromatic carbocycles. The number of nitrogen functional groups attached to an aromatic ring is 1. The minimum atomic E-state index is 0. The van der Waals surface area contributed by atoms with Crippen molar-refractivity contribution in [2.45, 2.75) is 12.8 Å². The summed E-state index contributed by atoms with van der Waals surface area (Å²) in [6, 6.07) is 13.4. The third-order valence-electron chi connectivity index (χ3n) is 4.64. The van der Waals surface area contributed by atoms with E-state index in [1.165, 1.54) is 0 Å². The minimum Gasteiger partial charge on any atom is -0.494 e. The summed E-state index contributed by atoms with van der Waals surface area (Å²) in [5, 5.41) is 1.27. The lowest BCUT2D eigenvalue weighted by atomic mass is 10.2. The number of piperazine rings is 1. The molecule has 1 fully saturated rings. The van der Waals surface area contributed by atoms with Crippen molar-refractivity contribution >= 4 is 47.0 Å². The molecule has 1 aliphatic heterocycles. The second-order valence-electron chi connectivity index (χ2n) is 6.53. The predicted octanol–water partition coefficient (Wildman–Crippen LogP) is 4.98. The SMILES string of the molecule is Cl.Nc1cccc(OCCCCN2CCN(c3cccc(Cl)c3Cl)CC2)c1. The lowest BCUT2D eigenvalue weighted by Crippen LogP contribution is -2.46. The molecule has 0 bridgehead atoms. The molecule has 148 valence electrons. The molecule has 0 radical (unpaired) electrons. The van der Waals surface area contributed by atoms with E-state index < -0.39 is 0 Å². The number of hydrogen-bond donors (Lipinski definition) is 1. The molecule has 0 aromatic heterocycles. The summed E-state index contributed by atoms with van der Waals surface area (Å²) in [6.45, 7) is 5.84. The van der Waals surface area contributed by atoms with Crippen molar-refractivity contribution in [1.29, 1.82) is 0 Å². The highest BCUT2D eigenvalue weighted by atomic mass is 35.5. The van der Waals surface area contributed by atoms with Crippen LogP contribution < -0.4 is 15.4 Å². The van der Waals surface area contributed by atoms with Crippen LogP contribution in [0.2, 0.25) is 10.0 Å². The summed E-state index contributed by atoms with van der Waals surface area (Å²) in [5.74, 6) is 0.844. The summed E-state index contributed by atoms with van der Waals surface area (Å²) in [4.78, 5) is 4.81. The second-order valence-corrected chi connectivity index (χ2v) is 7.31. The topological polar surface area (TPSA) is 41.7 Å². The maximum atomic E-state index is 6.33. The summed E-state index contributed by atoms with van der Waals surface area (Å²) in [5.41, 5.74) is 7.52. The highest BCUT2D eigenvalue weighted by Gasteiger charge is 2.19. The first-order chi connectivity index (χ1) is 12.6. The van der Waals surface area contributed by atoms with Crippen LogP contribution in [0.15, 0.2) is 42.5 Å². The minimum absolute atomic E-state index is 0. The number of anilines is 2. The number of halogens is 3. The number of nitrogens with zero attached hydrogens (tertiary/aromatic N) is 2. The molecule has 0 atom stereocenters. The van der Waals surface area contributed by atoms with E-state index in [9.17, 15) is 0 Å². The lowest BCUT2D eigenvalue weighted by Gasteiger charge is -2.36. The van der Waals surface area contributed by atoms with Gasteiger partial charge >= 0.3 is 0 Å². The summed E-state index contributed by atoms with van der Waals surface area (Å²) in [6.07, 6.45) is 2.16. The van der Waals surface area contributed by atoms with Crippen LogP contribution in [0, 0.1) is 0 Å². The average molecular weight is 431 g/mol. The molecule has 4 nitrogen and oxygen atoms in total. The molecule has 0 spiro atoms. The third-order valence-corrected chi connectivity index (χ3v) is 5.45. The standard InChI is InChI=1S/C20H25Cl2N3O.ClH/c21-18-7-4-8-19(20(18)22)25-12-10-24(11-13-25)9-1-2-14-26-17-6-3-5-16(23)15-17;/h3-8,15H,1-2,9-14,23H2;1H. The molecule has 27 heavy (non-hydrogen) atoms. The third kappa shape index (κ3) is 6.35. The number of benzene rings is 2. The molecule has 1 heterocycles. The van der Waals surface area contributed by atoms with Gasteiger partial charge in [0.25, 0.3) is 0 Å². The first-order valence-electron chi connectivity index (χ1n) is 9.03. The van der Waals surface area contributed by atoms with E-state index in [1.54, 1.807) is 0 Å². The Labute approximate surface area is 177 Å². The van der Waals surface area contributed by atoms with Gasteiger partial charge in [0.15, 0.2) is 0 Å². The van der Waals surface area contributed by atoms with Crippen molar-refractivity contribution in [2.75, 3.05) is 50.0 Å². The van der Waals surface area contributed by atoms with Gasteiger partial charge in [0, 0.05) is 37.9 Å². The van der Waals surface area contributed by atoms with Crippen molar-refractivity contribution in [3.8, 4) is 5.75 Å². The fourth-order valence-electron chi connectivity index (χ4n) is 3.18. The number of nitrogens with two attached hydrogens (primary N) is 1. The molecule has 3 rings (SSSR count). The van der Waals surface area contributed by atoms with Crippen LogP contribution in [0.5, 0.6) is 5.75 Å². The Hall–Kier alpha value is -1.33. The average Bonchev–Trinajstić information content (AvgIpc) is 2.64. The monoisotopic (exact) mass is 429 g/mol. The van der Waals surface area contributed by atoms with Gasteiger partial charge in [-0.15, -0.1) is 12.4 Å². The zero-order chi connectivity index (χ0) is 18.4. The Morgan fingerprint density at radius 1 is 0.963 bits per heavy atom. The highest BCUT2D eigenvalue weighted by Crippen LogP contribution is 2.32. The van der Waals surface area contributed by atoms with Crippen molar-refractivity contribution < 1.29 is 4.74 Å². The van der Waals surface area contributed by atoms with Crippen molar-refractivity contribution in [1.82, 2.24) is 4.90 Å². The summed E-state index contributed by atoms with van der Waals surface area (Å²) >= 11 is 12.5. The van der Waals surface area contributed by atoms with Gasteiger partial charge in [0.05, 0.1) is 22.3 Å². The van der Waals surface area contributed by atoms with Gasteiger partial charge in [-0.05, 0) is 43.7 Å². The van der Waals surface area contributed by atoms with Crippen LogP contribution in [0.25, 0.3) is 0 Å². The Kier molecular flexibility index (Phi) is 8.84. The highest BCUT2D eigenvalue weighted by molar-refractivity contribution is 6.43. The van der Waals surface area contributed by atoms with Crippen molar-refractivity contribution in [2.24, 2.45) is 0 Å². The van der Waals surface area contributed by atoms with Gasteiger partial charge < -0.3 is 15.4 Å². The zero-order valence-electron chi connectivity index (χ0n) is 15.2. The van der Waals surface area contributed by atoms with Crippen molar-refractivity contribution in [3.63, 3.8) is 0 Å². The lowest BCUT2D eigenvalue weighted by molar-refractivity contribution is 0.238. The van der Waals surface area contributed by atoms with E-state index >= 15 is 0 Å². The molecule has 0 unspecified atom stereocenters. The summed E-state index contributed by atoms with van der Waals surface area (Å²) in [7, 11) is 0. The molecule has 7 heteroatoms. The number of unbranched alkanes of at least 4 members (excludes halogenated alkanes) is 1. The molecular weight excluding hydrogens is 405 g/mol. The van der Waals surface area contributed by atoms with E-state index in [0.29, 0.717) is 10.0 Å². The van der Waals surface area contributed by atoms with Crippen LogP contribution >= 0.6 is 35.6 Å². The predicted molar refractivity (Wildman–Crippen MR) is 118 cm³/mol. The Morgan fingerprint density at radius 2 is 1.70 bits per heavy atom. The van der Waals surface area contributed by atoms with Crippen LogP contribution in [0.4, 0.5) is 11.4 Å². The molecule has 0 aliphatic carbocycles. The van der Waals surface area contributed by atoms with E-state index in [0.717, 1.165) is 69.3 Å². The number of ether oxygens (including phenoxy) is 1. The number of rotatable bonds is 7. The quantitative estimate of drug-likeness (QED) is 0.497. The molecular formula is C20H26Cl3N3O. The van der Waals surface area contributed by atoms with Crippen LogP contribution in [0.1, 0.15) is 12.8 Å². The van der Waals surface area contributed by atoms with Crippen molar-refractivity contribution in [3.05, 3.63) is 52.5 Å². The first-order valence-corrected chi connectivity index (χ1v) is 9.79. The first kappa shape index (κ1) is 22.0. The van der Waals surface area contributed by atoms with Gasteiger partial charge in [0.2, 0.25) is 0 Å². The fraction of sp³-hybridized carbons (Fsp3) is 0.400. The van der Waals surface area contributed by atoms with Gasteiger partial charge in [0.1, 0.15) is 5.75 Å². The largest absolute Gasteiger partial charge is 0.494 e. The van der Waals surface area contributed by atoms with Crippen LogP contribution in [-0.2, 0) is 0 Å². The van der Waals surface area contributed by atoms with E-state index in [2.05, 4.69) is 9.80 Å². The van der Waals surface area contributed by atoms with Gasteiger partial charge in [-0.25, -0.2) is 0 Å². The maximum Gasteiger partial charge on any atom is 0.121 e. The van der Waals surface area contributed by atoms with E-state index in [-0.39, 0.29) is 12.4 Å². The maximum absolute atomic E-state index is 6.33. The Balaban J connectivity index is 0.00000261. The molecule has 0 saturated carbocycles. The molecule has 1 aliphatic rings. The van der Waals surface area contributed by atoms with E-state index in [4.69, 9.17) is 33.7 Å². The fourth-order valence-corrected chi connectivity index (χ4v) is 3.60. The number of hydrogen-bond acceptors (Lipinski definition) is 4. The molecule has 1 saturated heterocycles. The van der Waals surface area contributed by atoms with Gasteiger partial charge in [-0.2, -0.15) is 0 Å². The van der Waals surface area contributed by atoms with Gasteiger partial charge in [-0.3, -0.25) is 4.90 Å². The molecule has 0 amide bonds. The zero-order valence-corrected chi connectivity index (χ0v) is 17.6. The smallest absolute Gasteiger partial charge is 0.121 e. The summed E-state index contributed by atoms with van der Waals surface area (Å²) < 4.78 is 5.74. The molecule has 2 N–H and O–H groups in total. The Bertz CT molecular complexity index is 721. The Morgan fingerprint density at radius 3 is 2.44 bits per heavy atom. The normalized spacial score (nSPS) is 14.7.